The van der Waals surface area contributed by atoms with Gasteiger partial charge in [0.2, 0.25) is 0 Å². The Kier molecular flexibility index (Phi) is 2.12. The van der Waals surface area contributed by atoms with E-state index < -0.39 is 0 Å². The summed E-state index contributed by atoms with van der Waals surface area (Å²) in [6.07, 6.45) is 5.91. The van der Waals surface area contributed by atoms with Gasteiger partial charge in [0.05, 0.1) is 0 Å². The molecule has 0 spiro atoms. The van der Waals surface area contributed by atoms with Crippen molar-refractivity contribution in [3.05, 3.63) is 0 Å². The Balaban J connectivity index is 2.52. The van der Waals surface area contributed by atoms with Crippen LogP contribution in [0.3, 0.4) is 0 Å². The number of aliphatic imine (C=N–C) groups is 1. The van der Waals surface area contributed by atoms with Crippen LogP contribution in [0.5, 0.6) is 0 Å². The van der Waals surface area contributed by atoms with Gasteiger partial charge in [-0.1, -0.05) is 20.8 Å². The second-order valence-electron chi connectivity index (χ2n) is 3.87. The molecule has 0 fully saturated rings. The van der Waals surface area contributed by atoms with E-state index in [-0.39, 0.29) is 0 Å². The molecule has 1 rings (SSSR count). The van der Waals surface area contributed by atoms with E-state index in [0.717, 1.165) is 0 Å². The van der Waals surface area contributed by atoms with Gasteiger partial charge in [-0.15, -0.1) is 0 Å². The highest BCUT2D eigenvalue weighted by atomic mass is 14.8. The van der Waals surface area contributed by atoms with Crippen molar-refractivity contribution in [2.75, 3.05) is 0 Å². The van der Waals surface area contributed by atoms with Crippen molar-refractivity contribution in [2.24, 2.45) is 10.4 Å². The summed E-state index contributed by atoms with van der Waals surface area (Å²) in [6, 6.07) is 0.619. The fourth-order valence-electron chi connectivity index (χ4n) is 1.29. The number of rotatable bonds is 1. The van der Waals surface area contributed by atoms with Crippen molar-refractivity contribution in [1.29, 1.82) is 0 Å². The summed E-state index contributed by atoms with van der Waals surface area (Å²) in [5.74, 6) is 0. The van der Waals surface area contributed by atoms with E-state index in [4.69, 9.17) is 0 Å². The van der Waals surface area contributed by atoms with E-state index in [0.29, 0.717) is 11.5 Å². The van der Waals surface area contributed by atoms with Crippen molar-refractivity contribution < 1.29 is 0 Å². The molecule has 0 radical (unpaired) electrons. The molecular weight excluding hydrogens is 122 g/mol. The Morgan fingerprint density at radius 2 is 2.30 bits per heavy atom. The lowest BCUT2D eigenvalue weighted by molar-refractivity contribution is 0.401. The lowest BCUT2D eigenvalue weighted by atomic mass is 9.85. The molecule has 0 saturated carbocycles. The molecule has 0 saturated heterocycles. The van der Waals surface area contributed by atoms with Crippen LogP contribution in [0.4, 0.5) is 0 Å². The standard InChI is InChI=1S/C9H17N/c1-4-8-5-6-9(2,3)7-10-8/h7-8H,4-6H2,1-3H3. The zero-order chi connectivity index (χ0) is 7.61. The lowest BCUT2D eigenvalue weighted by Crippen LogP contribution is -2.22. The molecule has 1 atom stereocenters. The first-order chi connectivity index (χ1) is 4.64. The third kappa shape index (κ3) is 1.83. The van der Waals surface area contributed by atoms with E-state index in [9.17, 15) is 0 Å². The Morgan fingerprint density at radius 3 is 2.70 bits per heavy atom. The molecule has 1 heterocycles. The Hall–Kier alpha value is -0.330. The van der Waals surface area contributed by atoms with Crippen LogP contribution in [0.15, 0.2) is 4.99 Å². The van der Waals surface area contributed by atoms with Gasteiger partial charge in [-0.25, -0.2) is 0 Å². The molecule has 1 unspecified atom stereocenters. The van der Waals surface area contributed by atoms with Crippen LogP contribution in [0.2, 0.25) is 0 Å². The predicted octanol–water partition coefficient (Wildman–Crippen LogP) is 2.66. The molecule has 0 aromatic rings. The summed E-state index contributed by atoms with van der Waals surface area (Å²) in [5, 5.41) is 0. The van der Waals surface area contributed by atoms with E-state index >= 15 is 0 Å². The summed E-state index contributed by atoms with van der Waals surface area (Å²) in [7, 11) is 0. The first kappa shape index (κ1) is 7.77. The monoisotopic (exact) mass is 139 g/mol. The van der Waals surface area contributed by atoms with Crippen LogP contribution in [0.1, 0.15) is 40.0 Å². The van der Waals surface area contributed by atoms with E-state index in [2.05, 4.69) is 32.0 Å². The summed E-state index contributed by atoms with van der Waals surface area (Å²) in [5.41, 5.74) is 0.367. The molecular formula is C9H17N. The maximum absolute atomic E-state index is 4.48. The fourth-order valence-corrected chi connectivity index (χ4v) is 1.29. The van der Waals surface area contributed by atoms with Crippen molar-refractivity contribution >= 4 is 6.21 Å². The number of hydrogen-bond acceptors (Lipinski definition) is 1. The molecule has 0 bridgehead atoms. The zero-order valence-electron chi connectivity index (χ0n) is 7.22. The maximum atomic E-state index is 4.48. The molecule has 1 aliphatic heterocycles. The Bertz CT molecular complexity index is 136. The Labute approximate surface area is 63.5 Å². The fraction of sp³-hybridized carbons (Fsp3) is 0.889. The smallest absolute Gasteiger partial charge is 0.0493 e. The first-order valence-corrected chi connectivity index (χ1v) is 4.18. The first-order valence-electron chi connectivity index (χ1n) is 4.18. The zero-order valence-corrected chi connectivity index (χ0v) is 7.22. The molecule has 0 N–H and O–H groups in total. The van der Waals surface area contributed by atoms with Gasteiger partial charge in [0, 0.05) is 12.3 Å². The molecule has 1 nitrogen and oxygen atoms in total. The van der Waals surface area contributed by atoms with Crippen LogP contribution in [-0.2, 0) is 0 Å². The topological polar surface area (TPSA) is 12.4 Å². The summed E-state index contributed by atoms with van der Waals surface area (Å²) >= 11 is 0. The van der Waals surface area contributed by atoms with Crippen LogP contribution in [0, 0.1) is 5.41 Å². The van der Waals surface area contributed by atoms with Gasteiger partial charge >= 0.3 is 0 Å². The largest absolute Gasteiger partial charge is 0.294 e. The normalized spacial score (nSPS) is 30.5. The highest BCUT2D eigenvalue weighted by Gasteiger charge is 2.21. The Morgan fingerprint density at radius 1 is 1.60 bits per heavy atom. The van der Waals surface area contributed by atoms with E-state index in [1.54, 1.807) is 0 Å². The maximum Gasteiger partial charge on any atom is 0.0493 e. The van der Waals surface area contributed by atoms with Gasteiger partial charge in [0.1, 0.15) is 0 Å². The minimum Gasteiger partial charge on any atom is -0.294 e. The van der Waals surface area contributed by atoms with Gasteiger partial charge in [0.15, 0.2) is 0 Å². The van der Waals surface area contributed by atoms with Crippen molar-refractivity contribution in [1.82, 2.24) is 0 Å². The van der Waals surface area contributed by atoms with Crippen molar-refractivity contribution in [3.8, 4) is 0 Å². The summed E-state index contributed by atoms with van der Waals surface area (Å²) in [4.78, 5) is 4.48. The SMILES string of the molecule is CCC1CCC(C)(C)C=N1. The van der Waals surface area contributed by atoms with E-state index in [1.807, 2.05) is 0 Å². The number of hydrogen-bond donors (Lipinski definition) is 0. The van der Waals surface area contributed by atoms with Crippen LogP contribution in [0.25, 0.3) is 0 Å². The van der Waals surface area contributed by atoms with Crippen LogP contribution >= 0.6 is 0 Å². The minimum absolute atomic E-state index is 0.367. The van der Waals surface area contributed by atoms with Gasteiger partial charge < -0.3 is 0 Å². The van der Waals surface area contributed by atoms with Crippen molar-refractivity contribution in [2.45, 2.75) is 46.1 Å². The molecule has 0 amide bonds. The van der Waals surface area contributed by atoms with Crippen LogP contribution in [-0.4, -0.2) is 12.3 Å². The predicted molar refractivity (Wildman–Crippen MR) is 45.6 cm³/mol. The second-order valence-corrected chi connectivity index (χ2v) is 3.87. The molecule has 0 aromatic carbocycles. The van der Waals surface area contributed by atoms with Crippen LogP contribution < -0.4 is 0 Å². The summed E-state index contributed by atoms with van der Waals surface area (Å²) < 4.78 is 0. The highest BCUT2D eigenvalue weighted by molar-refractivity contribution is 5.65. The molecule has 0 aromatic heterocycles. The molecule has 0 aliphatic carbocycles. The second kappa shape index (κ2) is 2.73. The number of nitrogens with zero attached hydrogens (tertiary/aromatic N) is 1. The third-order valence-corrected chi connectivity index (χ3v) is 2.23. The third-order valence-electron chi connectivity index (χ3n) is 2.23. The average Bonchev–Trinajstić information content (AvgIpc) is 1.88. The molecule has 10 heavy (non-hydrogen) atoms. The molecule has 1 aliphatic rings. The van der Waals surface area contributed by atoms with Gasteiger partial charge in [-0.3, -0.25) is 4.99 Å². The van der Waals surface area contributed by atoms with Crippen molar-refractivity contribution in [3.63, 3.8) is 0 Å². The highest BCUT2D eigenvalue weighted by Crippen LogP contribution is 2.26. The molecule has 1 heteroatoms. The quantitative estimate of drug-likeness (QED) is 0.529. The lowest BCUT2D eigenvalue weighted by Gasteiger charge is -2.26. The van der Waals surface area contributed by atoms with Gasteiger partial charge in [0.25, 0.3) is 0 Å². The van der Waals surface area contributed by atoms with Gasteiger partial charge in [-0.05, 0) is 24.7 Å². The summed E-state index contributed by atoms with van der Waals surface area (Å²) in [6.45, 7) is 6.71. The van der Waals surface area contributed by atoms with Gasteiger partial charge in [-0.2, -0.15) is 0 Å². The van der Waals surface area contributed by atoms with E-state index in [1.165, 1.54) is 19.3 Å². The molecule has 58 valence electrons. The minimum atomic E-state index is 0.367. The average molecular weight is 139 g/mol.